The van der Waals surface area contributed by atoms with Gasteiger partial charge in [0.1, 0.15) is 11.5 Å². The number of methoxy groups -OCH3 is 1. The van der Waals surface area contributed by atoms with E-state index in [4.69, 9.17) is 9.84 Å². The zero-order valence-electron chi connectivity index (χ0n) is 9.93. The molecule has 1 atom stereocenters. The van der Waals surface area contributed by atoms with Crippen molar-refractivity contribution in [2.75, 3.05) is 13.7 Å². The number of carboxylic acid groups (broad SMARTS) is 1. The molecule has 0 spiro atoms. The lowest BCUT2D eigenvalue weighted by Gasteiger charge is -2.15. The molecule has 0 fully saturated rings. The molecule has 0 aliphatic carbocycles. The number of benzene rings is 1. The number of hydrogen-bond acceptors (Lipinski definition) is 4. The van der Waals surface area contributed by atoms with E-state index in [2.05, 4.69) is 5.32 Å². The first-order chi connectivity index (χ1) is 8.04. The third-order valence-corrected chi connectivity index (χ3v) is 2.49. The van der Waals surface area contributed by atoms with Gasteiger partial charge in [0, 0.05) is 18.2 Å². The van der Waals surface area contributed by atoms with E-state index in [9.17, 15) is 9.90 Å². The van der Waals surface area contributed by atoms with Gasteiger partial charge in [0.25, 0.3) is 0 Å². The number of rotatable bonds is 6. The van der Waals surface area contributed by atoms with Crippen molar-refractivity contribution in [1.82, 2.24) is 5.32 Å². The highest BCUT2D eigenvalue weighted by atomic mass is 16.5. The Labute approximate surface area is 100 Å². The SMILES string of the molecule is COc1ccc(O)c(C(C)NCCC(=O)O)c1. The van der Waals surface area contributed by atoms with Crippen LogP contribution in [-0.2, 0) is 4.79 Å². The summed E-state index contributed by atoms with van der Waals surface area (Å²) in [6.45, 7) is 2.21. The zero-order chi connectivity index (χ0) is 12.8. The van der Waals surface area contributed by atoms with E-state index in [0.29, 0.717) is 17.9 Å². The zero-order valence-corrected chi connectivity index (χ0v) is 9.93. The second kappa shape index (κ2) is 6.10. The van der Waals surface area contributed by atoms with Crippen LogP contribution in [0.1, 0.15) is 24.9 Å². The number of phenols is 1. The van der Waals surface area contributed by atoms with Crippen molar-refractivity contribution in [2.45, 2.75) is 19.4 Å². The molecule has 0 aliphatic heterocycles. The number of ether oxygens (including phenoxy) is 1. The second-order valence-electron chi connectivity index (χ2n) is 3.74. The van der Waals surface area contributed by atoms with Crippen LogP contribution in [0.2, 0.25) is 0 Å². The van der Waals surface area contributed by atoms with E-state index in [0.717, 1.165) is 0 Å². The summed E-state index contributed by atoms with van der Waals surface area (Å²) in [4.78, 5) is 10.4. The molecule has 0 bridgehead atoms. The standard InChI is InChI=1S/C12H17NO4/c1-8(13-6-5-12(15)16)10-7-9(17-2)3-4-11(10)14/h3-4,7-8,13-14H,5-6H2,1-2H3,(H,15,16). The number of carboxylic acids is 1. The van der Waals surface area contributed by atoms with Crippen molar-refractivity contribution < 1.29 is 19.7 Å². The van der Waals surface area contributed by atoms with Gasteiger partial charge in [-0.25, -0.2) is 0 Å². The molecule has 17 heavy (non-hydrogen) atoms. The minimum absolute atomic E-state index is 0.0507. The van der Waals surface area contributed by atoms with E-state index < -0.39 is 5.97 Å². The van der Waals surface area contributed by atoms with Crippen molar-refractivity contribution in [3.8, 4) is 11.5 Å². The highest BCUT2D eigenvalue weighted by molar-refractivity contribution is 5.66. The van der Waals surface area contributed by atoms with Crippen LogP contribution < -0.4 is 10.1 Å². The van der Waals surface area contributed by atoms with Crippen molar-refractivity contribution in [3.63, 3.8) is 0 Å². The molecule has 0 aromatic heterocycles. The maximum absolute atomic E-state index is 10.4. The average molecular weight is 239 g/mol. The summed E-state index contributed by atoms with van der Waals surface area (Å²) >= 11 is 0. The van der Waals surface area contributed by atoms with Gasteiger partial charge < -0.3 is 20.3 Å². The minimum atomic E-state index is -0.848. The Hall–Kier alpha value is -1.75. The van der Waals surface area contributed by atoms with Gasteiger partial charge in [-0.3, -0.25) is 4.79 Å². The number of nitrogens with one attached hydrogen (secondary N) is 1. The summed E-state index contributed by atoms with van der Waals surface area (Å²) in [5, 5.41) is 21.2. The smallest absolute Gasteiger partial charge is 0.304 e. The molecule has 94 valence electrons. The van der Waals surface area contributed by atoms with Crippen LogP contribution >= 0.6 is 0 Å². The van der Waals surface area contributed by atoms with Crippen LogP contribution in [0.3, 0.4) is 0 Å². The molecule has 1 aromatic carbocycles. The maximum Gasteiger partial charge on any atom is 0.304 e. The molecule has 5 heteroatoms. The van der Waals surface area contributed by atoms with Gasteiger partial charge in [0.15, 0.2) is 0 Å². The number of hydrogen-bond donors (Lipinski definition) is 3. The molecule has 1 aromatic rings. The third-order valence-electron chi connectivity index (χ3n) is 2.49. The normalized spacial score (nSPS) is 12.1. The summed E-state index contributed by atoms with van der Waals surface area (Å²) in [5.74, 6) is -0.0228. The van der Waals surface area contributed by atoms with Gasteiger partial charge in [0.05, 0.1) is 13.5 Å². The van der Waals surface area contributed by atoms with E-state index >= 15 is 0 Å². The third kappa shape index (κ3) is 3.96. The fourth-order valence-corrected chi connectivity index (χ4v) is 1.51. The highest BCUT2D eigenvalue weighted by Gasteiger charge is 2.11. The van der Waals surface area contributed by atoms with Gasteiger partial charge in [0.2, 0.25) is 0 Å². The first-order valence-electron chi connectivity index (χ1n) is 5.36. The quantitative estimate of drug-likeness (QED) is 0.701. The summed E-state index contributed by atoms with van der Waals surface area (Å²) in [6, 6.07) is 4.82. The molecule has 0 saturated carbocycles. The number of aromatic hydroxyl groups is 1. The van der Waals surface area contributed by atoms with Crippen LogP contribution in [0, 0.1) is 0 Å². The number of phenolic OH excluding ortho intramolecular Hbond substituents is 1. The first kappa shape index (κ1) is 13.3. The van der Waals surface area contributed by atoms with Crippen LogP contribution in [0.15, 0.2) is 18.2 Å². The van der Waals surface area contributed by atoms with Crippen molar-refractivity contribution >= 4 is 5.97 Å². The Morgan fingerprint density at radius 2 is 2.24 bits per heavy atom. The van der Waals surface area contributed by atoms with Gasteiger partial charge >= 0.3 is 5.97 Å². The van der Waals surface area contributed by atoms with Crippen LogP contribution in [-0.4, -0.2) is 29.8 Å². The van der Waals surface area contributed by atoms with Crippen molar-refractivity contribution in [2.24, 2.45) is 0 Å². The molecule has 1 rings (SSSR count). The molecule has 0 heterocycles. The molecule has 3 N–H and O–H groups in total. The average Bonchev–Trinajstić information content (AvgIpc) is 2.29. The molecular formula is C12H17NO4. The largest absolute Gasteiger partial charge is 0.508 e. The Morgan fingerprint density at radius 1 is 1.53 bits per heavy atom. The Bertz CT molecular complexity index is 392. The Balaban J connectivity index is 2.67. The van der Waals surface area contributed by atoms with Gasteiger partial charge in [-0.15, -0.1) is 0 Å². The topological polar surface area (TPSA) is 78.8 Å². The Morgan fingerprint density at radius 3 is 2.82 bits per heavy atom. The van der Waals surface area contributed by atoms with Gasteiger partial charge in [-0.2, -0.15) is 0 Å². The summed E-state index contributed by atoms with van der Waals surface area (Å²) in [5.41, 5.74) is 0.690. The van der Waals surface area contributed by atoms with E-state index in [1.165, 1.54) is 0 Å². The molecule has 0 amide bonds. The lowest BCUT2D eigenvalue weighted by Crippen LogP contribution is -2.22. The predicted molar refractivity (Wildman–Crippen MR) is 63.3 cm³/mol. The lowest BCUT2D eigenvalue weighted by molar-refractivity contribution is -0.136. The van der Waals surface area contributed by atoms with Crippen LogP contribution in [0.4, 0.5) is 0 Å². The fourth-order valence-electron chi connectivity index (χ4n) is 1.51. The maximum atomic E-state index is 10.4. The molecule has 0 radical (unpaired) electrons. The number of carbonyl (C=O) groups is 1. The predicted octanol–water partition coefficient (Wildman–Crippen LogP) is 1.53. The summed E-state index contributed by atoms with van der Waals surface area (Å²) in [7, 11) is 1.55. The molecule has 0 saturated heterocycles. The van der Waals surface area contributed by atoms with Crippen molar-refractivity contribution in [1.29, 1.82) is 0 Å². The second-order valence-corrected chi connectivity index (χ2v) is 3.74. The first-order valence-corrected chi connectivity index (χ1v) is 5.36. The summed E-state index contributed by atoms with van der Waals surface area (Å²) in [6.07, 6.45) is 0.0507. The van der Waals surface area contributed by atoms with E-state index in [1.54, 1.807) is 25.3 Å². The highest BCUT2D eigenvalue weighted by Crippen LogP contribution is 2.28. The van der Waals surface area contributed by atoms with Crippen LogP contribution in [0.25, 0.3) is 0 Å². The van der Waals surface area contributed by atoms with Gasteiger partial charge in [-0.05, 0) is 25.1 Å². The van der Waals surface area contributed by atoms with Gasteiger partial charge in [-0.1, -0.05) is 0 Å². The van der Waals surface area contributed by atoms with Crippen molar-refractivity contribution in [3.05, 3.63) is 23.8 Å². The molecule has 0 aliphatic rings. The molecule has 1 unspecified atom stereocenters. The lowest BCUT2D eigenvalue weighted by atomic mass is 10.1. The van der Waals surface area contributed by atoms with E-state index in [1.807, 2.05) is 6.92 Å². The molecular weight excluding hydrogens is 222 g/mol. The monoisotopic (exact) mass is 239 g/mol. The fraction of sp³-hybridized carbons (Fsp3) is 0.417. The summed E-state index contributed by atoms with van der Waals surface area (Å²) < 4.78 is 5.07. The van der Waals surface area contributed by atoms with E-state index in [-0.39, 0.29) is 18.2 Å². The minimum Gasteiger partial charge on any atom is -0.508 e. The van der Waals surface area contributed by atoms with Crippen LogP contribution in [0.5, 0.6) is 11.5 Å². The Kier molecular flexibility index (Phi) is 4.78. The number of aliphatic carboxylic acids is 1. The molecule has 5 nitrogen and oxygen atoms in total.